The second-order valence-electron chi connectivity index (χ2n) is 12.2. The molecule has 0 heterocycles. The van der Waals surface area contributed by atoms with E-state index in [2.05, 4.69) is 34.9 Å². The fourth-order valence-electron chi connectivity index (χ4n) is 5.56. The van der Waals surface area contributed by atoms with E-state index >= 15 is 0 Å². The van der Waals surface area contributed by atoms with Gasteiger partial charge < -0.3 is 4.48 Å². The van der Waals surface area contributed by atoms with Gasteiger partial charge in [0.1, 0.15) is 0 Å². The lowest BCUT2D eigenvalue weighted by molar-refractivity contribution is -0.893. The smallest absolute Gasteiger partial charge is 0.0808 e. The number of hydrogen-bond donors (Lipinski definition) is 0. The Morgan fingerprint density at radius 2 is 0.727 bits per heavy atom. The Bertz CT molecular complexity index is 362. The molecule has 0 saturated heterocycles. The van der Waals surface area contributed by atoms with E-state index in [-0.39, 0.29) is 0 Å². The van der Waals surface area contributed by atoms with Crippen molar-refractivity contribution in [2.75, 3.05) is 27.2 Å². The first-order chi connectivity index (χ1) is 16.0. The van der Waals surface area contributed by atoms with Crippen LogP contribution in [0.25, 0.3) is 0 Å². The molecular weight excluding hydrogens is 398 g/mol. The van der Waals surface area contributed by atoms with Crippen molar-refractivity contribution >= 4 is 0 Å². The summed E-state index contributed by atoms with van der Waals surface area (Å²) < 4.78 is 1.23. The molecule has 0 spiro atoms. The highest BCUT2D eigenvalue weighted by atomic mass is 15.3. The molecule has 0 aliphatic heterocycles. The summed E-state index contributed by atoms with van der Waals surface area (Å²) in [5.41, 5.74) is 0. The molecule has 1 atom stereocenters. The standard InChI is InChI=1S/C32H68N/c1-6-8-10-12-14-15-16-17-18-19-20-21-22-24-26-28-30-33(4,5)31-32(3)29-27-25-23-13-11-9-7-2/h32H,6-31H2,1-5H3/q+1. The zero-order valence-electron chi connectivity index (χ0n) is 24.4. The molecule has 1 unspecified atom stereocenters. The van der Waals surface area contributed by atoms with Gasteiger partial charge in [0, 0.05) is 5.92 Å². The van der Waals surface area contributed by atoms with E-state index in [1.54, 1.807) is 0 Å². The van der Waals surface area contributed by atoms with Gasteiger partial charge in [0.2, 0.25) is 0 Å². The lowest BCUT2D eigenvalue weighted by Gasteiger charge is -2.32. The predicted molar refractivity (Wildman–Crippen MR) is 153 cm³/mol. The van der Waals surface area contributed by atoms with Crippen molar-refractivity contribution < 1.29 is 4.48 Å². The zero-order valence-corrected chi connectivity index (χ0v) is 24.4. The van der Waals surface area contributed by atoms with Gasteiger partial charge in [-0.15, -0.1) is 0 Å². The summed E-state index contributed by atoms with van der Waals surface area (Å²) in [6.07, 6.45) is 34.9. The largest absolute Gasteiger partial charge is 0.328 e. The quantitative estimate of drug-likeness (QED) is 0.0833. The summed E-state index contributed by atoms with van der Waals surface area (Å²) in [6.45, 7) is 9.85. The summed E-state index contributed by atoms with van der Waals surface area (Å²) in [4.78, 5) is 0. The molecule has 0 fully saturated rings. The van der Waals surface area contributed by atoms with E-state index in [1.807, 2.05) is 0 Å². The van der Waals surface area contributed by atoms with E-state index in [4.69, 9.17) is 0 Å². The Balaban J connectivity index is 3.39. The minimum absolute atomic E-state index is 0.886. The van der Waals surface area contributed by atoms with Gasteiger partial charge in [-0.2, -0.15) is 0 Å². The average Bonchev–Trinajstić information content (AvgIpc) is 2.77. The molecule has 33 heavy (non-hydrogen) atoms. The van der Waals surface area contributed by atoms with Gasteiger partial charge in [-0.1, -0.05) is 156 Å². The molecule has 0 N–H and O–H groups in total. The fraction of sp³-hybridized carbons (Fsp3) is 1.00. The molecule has 1 heteroatoms. The number of quaternary nitrogens is 1. The minimum Gasteiger partial charge on any atom is -0.328 e. The summed E-state index contributed by atoms with van der Waals surface area (Å²) in [7, 11) is 4.93. The Morgan fingerprint density at radius 1 is 0.424 bits per heavy atom. The van der Waals surface area contributed by atoms with E-state index in [1.165, 1.54) is 172 Å². The monoisotopic (exact) mass is 467 g/mol. The van der Waals surface area contributed by atoms with Gasteiger partial charge in [-0.25, -0.2) is 0 Å². The molecule has 0 radical (unpaired) electrons. The van der Waals surface area contributed by atoms with Crippen LogP contribution in [0.5, 0.6) is 0 Å². The molecule has 0 aromatic rings. The van der Waals surface area contributed by atoms with Crippen molar-refractivity contribution in [1.82, 2.24) is 0 Å². The van der Waals surface area contributed by atoms with E-state index in [9.17, 15) is 0 Å². The molecule has 0 saturated carbocycles. The first-order valence-electron chi connectivity index (χ1n) is 15.8. The van der Waals surface area contributed by atoms with Crippen molar-refractivity contribution in [2.45, 2.75) is 175 Å². The zero-order chi connectivity index (χ0) is 24.5. The lowest BCUT2D eigenvalue weighted by atomic mass is 10.00. The summed E-state index contributed by atoms with van der Waals surface area (Å²) in [5, 5.41) is 0. The van der Waals surface area contributed by atoms with Crippen LogP contribution >= 0.6 is 0 Å². The van der Waals surface area contributed by atoms with Crippen LogP contribution in [0.4, 0.5) is 0 Å². The average molecular weight is 467 g/mol. The first kappa shape index (κ1) is 33.0. The molecule has 0 aromatic heterocycles. The molecule has 0 aliphatic carbocycles. The Hall–Kier alpha value is -0.0400. The molecule has 0 rings (SSSR count). The molecular formula is C32H68N+. The Morgan fingerprint density at radius 3 is 1.09 bits per heavy atom. The van der Waals surface area contributed by atoms with E-state index in [0.29, 0.717) is 0 Å². The third-order valence-corrected chi connectivity index (χ3v) is 7.72. The van der Waals surface area contributed by atoms with Gasteiger partial charge in [0.15, 0.2) is 0 Å². The van der Waals surface area contributed by atoms with Crippen LogP contribution in [0, 0.1) is 5.92 Å². The van der Waals surface area contributed by atoms with Crippen LogP contribution in [0.1, 0.15) is 175 Å². The highest BCUT2D eigenvalue weighted by molar-refractivity contribution is 4.55. The van der Waals surface area contributed by atoms with Crippen molar-refractivity contribution in [2.24, 2.45) is 5.92 Å². The lowest BCUT2D eigenvalue weighted by Crippen LogP contribution is -2.43. The third-order valence-electron chi connectivity index (χ3n) is 7.72. The van der Waals surface area contributed by atoms with E-state index < -0.39 is 0 Å². The van der Waals surface area contributed by atoms with Crippen molar-refractivity contribution in [3.63, 3.8) is 0 Å². The van der Waals surface area contributed by atoms with Crippen LogP contribution in [0.3, 0.4) is 0 Å². The van der Waals surface area contributed by atoms with E-state index in [0.717, 1.165) is 5.92 Å². The minimum atomic E-state index is 0.886. The second-order valence-corrected chi connectivity index (χ2v) is 12.2. The summed E-state index contributed by atoms with van der Waals surface area (Å²) in [6, 6.07) is 0. The molecule has 0 bridgehead atoms. The van der Waals surface area contributed by atoms with Crippen LogP contribution in [-0.2, 0) is 0 Å². The number of unbranched alkanes of at least 4 members (excludes halogenated alkanes) is 21. The van der Waals surface area contributed by atoms with Gasteiger partial charge in [-0.05, 0) is 19.3 Å². The van der Waals surface area contributed by atoms with Crippen LogP contribution in [-0.4, -0.2) is 31.7 Å². The fourth-order valence-corrected chi connectivity index (χ4v) is 5.56. The number of nitrogens with zero attached hydrogens (tertiary/aromatic N) is 1. The van der Waals surface area contributed by atoms with Gasteiger partial charge in [-0.3, -0.25) is 0 Å². The molecule has 0 aliphatic rings. The molecule has 0 aromatic carbocycles. The SMILES string of the molecule is CCCCCCCCCCCCCCCCCC[N+](C)(C)CC(C)CCCCCCCCC. The normalized spacial score (nSPS) is 13.0. The molecule has 1 nitrogen and oxygen atoms in total. The summed E-state index contributed by atoms with van der Waals surface area (Å²) >= 11 is 0. The Kier molecular flexibility index (Phi) is 25.0. The molecule has 0 amide bonds. The van der Waals surface area contributed by atoms with Crippen LogP contribution in [0.2, 0.25) is 0 Å². The maximum Gasteiger partial charge on any atom is 0.0808 e. The van der Waals surface area contributed by atoms with Gasteiger partial charge in [0.05, 0.1) is 27.2 Å². The van der Waals surface area contributed by atoms with Crippen LogP contribution < -0.4 is 0 Å². The number of rotatable bonds is 27. The molecule has 200 valence electrons. The second kappa shape index (κ2) is 25.1. The highest BCUT2D eigenvalue weighted by Crippen LogP contribution is 2.17. The van der Waals surface area contributed by atoms with Crippen molar-refractivity contribution in [3.8, 4) is 0 Å². The van der Waals surface area contributed by atoms with Crippen LogP contribution in [0.15, 0.2) is 0 Å². The summed E-state index contributed by atoms with van der Waals surface area (Å²) in [5.74, 6) is 0.886. The first-order valence-corrected chi connectivity index (χ1v) is 15.8. The topological polar surface area (TPSA) is 0 Å². The highest BCUT2D eigenvalue weighted by Gasteiger charge is 2.18. The third kappa shape index (κ3) is 26.4. The van der Waals surface area contributed by atoms with Crippen molar-refractivity contribution in [3.05, 3.63) is 0 Å². The predicted octanol–water partition coefficient (Wildman–Crippen LogP) is 11.1. The van der Waals surface area contributed by atoms with Crippen molar-refractivity contribution in [1.29, 1.82) is 0 Å². The van der Waals surface area contributed by atoms with Gasteiger partial charge >= 0.3 is 0 Å². The van der Waals surface area contributed by atoms with Gasteiger partial charge in [0.25, 0.3) is 0 Å². The maximum absolute atomic E-state index is 2.49. The maximum atomic E-state index is 2.49. The Labute approximate surface area is 212 Å². The number of hydrogen-bond acceptors (Lipinski definition) is 0.